The second kappa shape index (κ2) is 8.66. The van der Waals surface area contributed by atoms with Crippen LogP contribution in [-0.2, 0) is 4.74 Å². The minimum Gasteiger partial charge on any atom is -0.379 e. The van der Waals surface area contributed by atoms with Gasteiger partial charge in [0.1, 0.15) is 0 Å². The highest BCUT2D eigenvalue weighted by molar-refractivity contribution is 5.93. The Labute approximate surface area is 175 Å². The van der Waals surface area contributed by atoms with Crippen molar-refractivity contribution in [3.63, 3.8) is 0 Å². The van der Waals surface area contributed by atoms with Gasteiger partial charge in [-0.05, 0) is 31.5 Å². The van der Waals surface area contributed by atoms with Crippen LogP contribution < -0.4 is 5.32 Å². The van der Waals surface area contributed by atoms with Crippen LogP contribution in [-0.4, -0.2) is 60.2 Å². The van der Waals surface area contributed by atoms with Crippen LogP contribution in [0.1, 0.15) is 25.3 Å². The molecule has 4 rings (SSSR count). The van der Waals surface area contributed by atoms with E-state index in [1.165, 1.54) is 0 Å². The van der Waals surface area contributed by atoms with Gasteiger partial charge in [-0.25, -0.2) is 0 Å². The summed E-state index contributed by atoms with van der Waals surface area (Å²) in [6.07, 6.45) is 0. The summed E-state index contributed by atoms with van der Waals surface area (Å²) in [5, 5.41) is 31.4. The average molecular weight is 403 g/mol. The molecule has 3 heterocycles. The molecule has 0 saturated carbocycles. The largest absolute Gasteiger partial charge is 0.379 e. The van der Waals surface area contributed by atoms with E-state index in [1.54, 1.807) is 0 Å². The Bertz CT molecular complexity index is 1080. The van der Waals surface area contributed by atoms with E-state index in [0.717, 1.165) is 67.4 Å². The Morgan fingerprint density at radius 3 is 2.80 bits per heavy atom. The Morgan fingerprint density at radius 2 is 2.07 bits per heavy atom. The summed E-state index contributed by atoms with van der Waals surface area (Å²) >= 11 is 0. The van der Waals surface area contributed by atoms with Gasteiger partial charge < -0.3 is 10.1 Å². The smallest absolute Gasteiger partial charge is 0.155 e. The highest BCUT2D eigenvalue weighted by Gasteiger charge is 2.34. The van der Waals surface area contributed by atoms with Crippen molar-refractivity contribution in [2.75, 3.05) is 44.7 Å². The maximum absolute atomic E-state index is 9.75. The molecule has 8 nitrogen and oxygen atoms in total. The van der Waals surface area contributed by atoms with Crippen LogP contribution in [0.15, 0.2) is 34.5 Å². The van der Waals surface area contributed by atoms with Crippen molar-refractivity contribution in [1.82, 2.24) is 15.1 Å². The second-order valence-electron chi connectivity index (χ2n) is 7.71. The van der Waals surface area contributed by atoms with Gasteiger partial charge in [0.05, 0.1) is 48.1 Å². The molecule has 2 N–H and O–H groups in total. The first-order valence-electron chi connectivity index (χ1n) is 10.2. The van der Waals surface area contributed by atoms with Gasteiger partial charge in [-0.15, -0.1) is 0 Å². The number of nitriles is 2. The van der Waals surface area contributed by atoms with Gasteiger partial charge in [-0.1, -0.05) is 6.07 Å². The monoisotopic (exact) mass is 403 g/mol. The van der Waals surface area contributed by atoms with Crippen molar-refractivity contribution in [3.05, 3.63) is 35.0 Å². The maximum Gasteiger partial charge on any atom is 0.155 e. The zero-order valence-corrected chi connectivity index (χ0v) is 17.3. The average Bonchev–Trinajstić information content (AvgIpc) is 3.16. The lowest BCUT2D eigenvalue weighted by molar-refractivity contribution is 0.0398. The first kappa shape index (κ1) is 20.1. The molecule has 0 spiro atoms. The van der Waals surface area contributed by atoms with Crippen LogP contribution in [0.3, 0.4) is 0 Å². The molecule has 0 bridgehead atoms. The Kier molecular flexibility index (Phi) is 5.80. The maximum atomic E-state index is 9.75. The van der Waals surface area contributed by atoms with Crippen LogP contribution in [0.2, 0.25) is 0 Å². The standard InChI is InChI=1S/C22H25N7O/c1-14-18(12-23)21(19(13-24)15(2)26-14)16-3-4-20-17(11-16)22(28-27-20)25-5-6-29-7-9-30-10-8-29/h3-4,11,18,21H,5-10H2,1-2H3,(H2,25,27,28). The third kappa shape index (κ3) is 3.80. The molecule has 2 aliphatic rings. The van der Waals surface area contributed by atoms with Crippen LogP contribution in [0.25, 0.3) is 10.9 Å². The number of aromatic amines is 1. The number of benzene rings is 1. The second-order valence-corrected chi connectivity index (χ2v) is 7.71. The molecule has 1 aromatic heterocycles. The molecule has 1 aromatic carbocycles. The molecule has 30 heavy (non-hydrogen) atoms. The van der Waals surface area contributed by atoms with E-state index in [2.05, 4.69) is 37.5 Å². The summed E-state index contributed by atoms with van der Waals surface area (Å²) in [6, 6.07) is 10.6. The number of allylic oxidation sites excluding steroid dienone is 2. The summed E-state index contributed by atoms with van der Waals surface area (Å²) < 4.78 is 5.39. The van der Waals surface area contributed by atoms with Gasteiger partial charge in [0, 0.05) is 43.2 Å². The first-order chi connectivity index (χ1) is 14.6. The van der Waals surface area contributed by atoms with Gasteiger partial charge >= 0.3 is 0 Å². The Balaban J connectivity index is 1.60. The number of ether oxygens (including phenoxy) is 1. The van der Waals surface area contributed by atoms with Gasteiger partial charge in [0.25, 0.3) is 0 Å². The number of aliphatic imine (C=N–C) groups is 1. The van der Waals surface area contributed by atoms with E-state index in [1.807, 2.05) is 32.0 Å². The number of rotatable bonds is 5. The van der Waals surface area contributed by atoms with Crippen LogP contribution in [0, 0.1) is 28.6 Å². The predicted octanol–water partition coefficient (Wildman–Crippen LogP) is 2.80. The molecule has 1 fully saturated rings. The molecule has 2 aromatic rings. The summed E-state index contributed by atoms with van der Waals surface area (Å²) in [5.74, 6) is 0.0115. The van der Waals surface area contributed by atoms with Gasteiger partial charge in [0.2, 0.25) is 0 Å². The Hall–Kier alpha value is -3.20. The molecule has 0 radical (unpaired) electrons. The van der Waals surface area contributed by atoms with E-state index in [-0.39, 0.29) is 5.92 Å². The van der Waals surface area contributed by atoms with Crippen molar-refractivity contribution in [1.29, 1.82) is 10.5 Å². The summed E-state index contributed by atoms with van der Waals surface area (Å²) in [7, 11) is 0. The highest BCUT2D eigenvalue weighted by atomic mass is 16.5. The minimum atomic E-state index is -0.453. The molecule has 2 unspecified atom stereocenters. The number of nitrogens with zero attached hydrogens (tertiary/aromatic N) is 5. The highest BCUT2D eigenvalue weighted by Crippen LogP contribution is 2.39. The lowest BCUT2D eigenvalue weighted by Gasteiger charge is -2.27. The van der Waals surface area contributed by atoms with Crippen molar-refractivity contribution >= 4 is 22.4 Å². The van der Waals surface area contributed by atoms with Crippen LogP contribution in [0.4, 0.5) is 5.82 Å². The summed E-state index contributed by atoms with van der Waals surface area (Å²) in [6.45, 7) is 8.86. The lowest BCUT2D eigenvalue weighted by atomic mass is 9.76. The number of fused-ring (bicyclic) bond motifs is 1. The van der Waals surface area contributed by atoms with Gasteiger partial charge in [-0.2, -0.15) is 15.6 Å². The third-order valence-electron chi connectivity index (χ3n) is 5.86. The summed E-state index contributed by atoms with van der Waals surface area (Å²) in [5.41, 5.74) is 3.83. The van der Waals surface area contributed by atoms with Crippen molar-refractivity contribution in [2.24, 2.45) is 10.9 Å². The van der Waals surface area contributed by atoms with Crippen molar-refractivity contribution in [2.45, 2.75) is 19.8 Å². The molecular formula is C22H25N7O. The molecule has 8 heteroatoms. The number of nitrogens with one attached hydrogen (secondary N) is 2. The molecular weight excluding hydrogens is 378 g/mol. The fraction of sp³-hybridized carbons (Fsp3) is 0.455. The SMILES string of the molecule is CC1=NC(C)=C(C#N)C(c2ccc3[nH]nc(NCCN4CCOCC4)c3c2)C1C#N. The molecule has 0 aliphatic carbocycles. The van der Waals surface area contributed by atoms with Crippen LogP contribution >= 0.6 is 0 Å². The number of aromatic nitrogens is 2. The third-order valence-corrected chi connectivity index (χ3v) is 5.86. The van der Waals surface area contributed by atoms with Gasteiger partial charge in [-0.3, -0.25) is 15.0 Å². The number of morpholine rings is 1. The number of anilines is 1. The molecule has 1 saturated heterocycles. The zero-order chi connectivity index (χ0) is 21.1. The lowest BCUT2D eigenvalue weighted by Crippen LogP contribution is -2.39. The minimum absolute atomic E-state index is 0.321. The number of H-pyrrole nitrogens is 1. The van der Waals surface area contributed by atoms with Crippen LogP contribution in [0.5, 0.6) is 0 Å². The molecule has 2 aliphatic heterocycles. The molecule has 0 amide bonds. The fourth-order valence-electron chi connectivity index (χ4n) is 4.22. The van der Waals surface area contributed by atoms with E-state index in [9.17, 15) is 10.5 Å². The van der Waals surface area contributed by atoms with E-state index in [4.69, 9.17) is 4.74 Å². The molecule has 154 valence electrons. The van der Waals surface area contributed by atoms with Crippen molar-refractivity contribution < 1.29 is 4.74 Å². The molecule has 2 atom stereocenters. The van der Waals surface area contributed by atoms with Gasteiger partial charge in [0.15, 0.2) is 5.82 Å². The quantitative estimate of drug-likeness (QED) is 0.794. The predicted molar refractivity (Wildman–Crippen MR) is 115 cm³/mol. The van der Waals surface area contributed by atoms with E-state index < -0.39 is 5.92 Å². The van der Waals surface area contributed by atoms with E-state index >= 15 is 0 Å². The number of hydrogen-bond donors (Lipinski definition) is 2. The Morgan fingerprint density at radius 1 is 1.27 bits per heavy atom. The fourth-order valence-corrected chi connectivity index (χ4v) is 4.22. The zero-order valence-electron chi connectivity index (χ0n) is 17.3. The topological polar surface area (TPSA) is 113 Å². The van der Waals surface area contributed by atoms with Crippen molar-refractivity contribution in [3.8, 4) is 12.1 Å². The normalized spacial score (nSPS) is 22.5. The number of hydrogen-bond acceptors (Lipinski definition) is 7. The van der Waals surface area contributed by atoms with E-state index in [0.29, 0.717) is 11.3 Å². The first-order valence-corrected chi connectivity index (χ1v) is 10.2. The summed E-state index contributed by atoms with van der Waals surface area (Å²) in [4.78, 5) is 6.79.